The summed E-state index contributed by atoms with van der Waals surface area (Å²) in [4.78, 5) is 11.5. The van der Waals surface area contributed by atoms with E-state index in [9.17, 15) is 4.79 Å². The summed E-state index contributed by atoms with van der Waals surface area (Å²) in [6.45, 7) is 1.59. The molecular weight excluding hydrogens is 240 g/mol. The van der Waals surface area contributed by atoms with E-state index in [1.54, 1.807) is 6.26 Å². The van der Waals surface area contributed by atoms with Crippen molar-refractivity contribution in [3.8, 4) is 0 Å². The Morgan fingerprint density at radius 2 is 2.47 bits per heavy atom. The van der Waals surface area contributed by atoms with Gasteiger partial charge < -0.3 is 15.1 Å². The molecule has 1 aliphatic heterocycles. The van der Waals surface area contributed by atoms with Crippen LogP contribution in [0.25, 0.3) is 0 Å². The molecule has 1 amide bonds. The largest absolute Gasteiger partial charge is 0.467 e. The summed E-state index contributed by atoms with van der Waals surface area (Å²) >= 11 is 0. The van der Waals surface area contributed by atoms with E-state index < -0.39 is 0 Å². The molecule has 1 atom stereocenters. The number of furan rings is 1. The maximum absolute atomic E-state index is 11.5. The summed E-state index contributed by atoms with van der Waals surface area (Å²) in [5.74, 6) is 0.900. The minimum Gasteiger partial charge on any atom is -0.467 e. The Kier molecular flexibility index (Phi) is 6.08. The fourth-order valence-electron chi connectivity index (χ4n) is 2.00. The first kappa shape index (κ1) is 14.1. The summed E-state index contributed by atoms with van der Waals surface area (Å²) < 4.78 is 5.13. The van der Waals surface area contributed by atoms with Gasteiger partial charge in [-0.25, -0.2) is 0 Å². The molecular formula is C12H19ClN2O2. The highest BCUT2D eigenvalue weighted by Crippen LogP contribution is 2.10. The average Bonchev–Trinajstić information content (AvgIpc) is 2.96. The van der Waals surface area contributed by atoms with Gasteiger partial charge in [0.15, 0.2) is 0 Å². The van der Waals surface area contributed by atoms with Gasteiger partial charge in [0.25, 0.3) is 0 Å². The smallest absolute Gasteiger partial charge is 0.220 e. The van der Waals surface area contributed by atoms with Gasteiger partial charge in [-0.1, -0.05) is 0 Å². The summed E-state index contributed by atoms with van der Waals surface area (Å²) in [7, 11) is 0. The molecule has 1 unspecified atom stereocenters. The molecule has 2 rings (SSSR count). The zero-order valence-electron chi connectivity index (χ0n) is 9.78. The molecule has 5 heteroatoms. The minimum absolute atomic E-state index is 0. The van der Waals surface area contributed by atoms with Gasteiger partial charge in [0.2, 0.25) is 5.91 Å². The van der Waals surface area contributed by atoms with E-state index in [0.717, 1.165) is 18.7 Å². The quantitative estimate of drug-likeness (QED) is 0.848. The average molecular weight is 259 g/mol. The van der Waals surface area contributed by atoms with Crippen LogP contribution in [0, 0.1) is 0 Å². The topological polar surface area (TPSA) is 54.3 Å². The van der Waals surface area contributed by atoms with Crippen LogP contribution in [-0.4, -0.2) is 18.5 Å². The molecule has 96 valence electrons. The molecule has 0 aliphatic carbocycles. The highest BCUT2D eigenvalue weighted by Gasteiger charge is 2.15. The SMILES string of the molecule is Cl.O=C(CCC1CCCN1)NCc1ccco1. The second-order valence-electron chi connectivity index (χ2n) is 4.19. The van der Waals surface area contributed by atoms with Gasteiger partial charge in [-0.15, -0.1) is 12.4 Å². The third-order valence-electron chi connectivity index (χ3n) is 2.92. The predicted octanol–water partition coefficient (Wildman–Crippen LogP) is 1.85. The number of carbonyl (C=O) groups excluding carboxylic acids is 1. The van der Waals surface area contributed by atoms with Crippen LogP contribution < -0.4 is 10.6 Å². The molecule has 1 fully saturated rings. The van der Waals surface area contributed by atoms with E-state index in [0.29, 0.717) is 19.0 Å². The Morgan fingerprint density at radius 1 is 1.59 bits per heavy atom. The Bertz CT molecular complexity index is 321. The highest BCUT2D eigenvalue weighted by molar-refractivity contribution is 5.85. The molecule has 17 heavy (non-hydrogen) atoms. The van der Waals surface area contributed by atoms with Crippen LogP contribution in [0.4, 0.5) is 0 Å². The van der Waals surface area contributed by atoms with Gasteiger partial charge in [-0.05, 0) is 37.9 Å². The van der Waals surface area contributed by atoms with Crippen LogP contribution in [0.3, 0.4) is 0 Å². The van der Waals surface area contributed by atoms with Crippen molar-refractivity contribution < 1.29 is 9.21 Å². The monoisotopic (exact) mass is 258 g/mol. The first-order valence-electron chi connectivity index (χ1n) is 5.87. The van der Waals surface area contributed by atoms with Gasteiger partial charge in [0, 0.05) is 12.5 Å². The van der Waals surface area contributed by atoms with Crippen molar-refractivity contribution >= 4 is 18.3 Å². The zero-order valence-corrected chi connectivity index (χ0v) is 10.6. The number of carbonyl (C=O) groups is 1. The fraction of sp³-hybridized carbons (Fsp3) is 0.583. The van der Waals surface area contributed by atoms with Crippen LogP contribution in [0.5, 0.6) is 0 Å². The Hall–Kier alpha value is -1.00. The van der Waals surface area contributed by atoms with Gasteiger partial charge in [-0.3, -0.25) is 4.79 Å². The summed E-state index contributed by atoms with van der Waals surface area (Å²) in [6, 6.07) is 4.22. The number of amides is 1. The van der Waals surface area contributed by atoms with Crippen molar-refractivity contribution in [3.05, 3.63) is 24.2 Å². The molecule has 1 aromatic rings. The van der Waals surface area contributed by atoms with Crippen molar-refractivity contribution in [2.45, 2.75) is 38.3 Å². The van der Waals surface area contributed by atoms with Gasteiger partial charge in [-0.2, -0.15) is 0 Å². The van der Waals surface area contributed by atoms with Gasteiger partial charge in [0.1, 0.15) is 5.76 Å². The molecule has 2 heterocycles. The Labute approximate surface area is 108 Å². The van der Waals surface area contributed by atoms with E-state index in [2.05, 4.69) is 10.6 Å². The Balaban J connectivity index is 0.00000144. The number of hydrogen-bond donors (Lipinski definition) is 2. The second-order valence-corrected chi connectivity index (χ2v) is 4.19. The van der Waals surface area contributed by atoms with E-state index in [1.165, 1.54) is 12.8 Å². The van der Waals surface area contributed by atoms with Crippen LogP contribution in [0.1, 0.15) is 31.4 Å². The molecule has 0 saturated carbocycles. The lowest BCUT2D eigenvalue weighted by atomic mass is 10.1. The minimum atomic E-state index is 0. The molecule has 0 spiro atoms. The lowest BCUT2D eigenvalue weighted by molar-refractivity contribution is -0.121. The number of rotatable bonds is 5. The number of hydrogen-bond acceptors (Lipinski definition) is 3. The van der Waals surface area contributed by atoms with E-state index in [-0.39, 0.29) is 18.3 Å². The molecule has 1 aliphatic rings. The van der Waals surface area contributed by atoms with E-state index >= 15 is 0 Å². The van der Waals surface area contributed by atoms with Crippen LogP contribution in [-0.2, 0) is 11.3 Å². The lowest BCUT2D eigenvalue weighted by Gasteiger charge is -2.09. The molecule has 0 bridgehead atoms. The van der Waals surface area contributed by atoms with Crippen molar-refractivity contribution in [1.29, 1.82) is 0 Å². The first-order valence-corrected chi connectivity index (χ1v) is 5.87. The number of nitrogens with one attached hydrogen (secondary N) is 2. The first-order chi connectivity index (χ1) is 7.84. The van der Waals surface area contributed by atoms with Gasteiger partial charge >= 0.3 is 0 Å². The molecule has 0 aromatic carbocycles. The molecule has 2 N–H and O–H groups in total. The maximum Gasteiger partial charge on any atom is 0.220 e. The lowest BCUT2D eigenvalue weighted by Crippen LogP contribution is -2.27. The van der Waals surface area contributed by atoms with Crippen LogP contribution >= 0.6 is 12.4 Å². The Morgan fingerprint density at radius 3 is 3.12 bits per heavy atom. The highest BCUT2D eigenvalue weighted by atomic mass is 35.5. The predicted molar refractivity (Wildman–Crippen MR) is 68.1 cm³/mol. The molecule has 4 nitrogen and oxygen atoms in total. The standard InChI is InChI=1S/C12H18N2O2.ClH/c15-12(6-5-10-3-1-7-13-10)14-9-11-4-2-8-16-11;/h2,4,8,10,13H,1,3,5-7,9H2,(H,14,15);1H. The maximum atomic E-state index is 11.5. The zero-order chi connectivity index (χ0) is 11.2. The molecule has 1 aromatic heterocycles. The third-order valence-corrected chi connectivity index (χ3v) is 2.92. The van der Waals surface area contributed by atoms with E-state index in [4.69, 9.17) is 4.42 Å². The second kappa shape index (κ2) is 7.35. The van der Waals surface area contributed by atoms with Crippen molar-refractivity contribution in [2.75, 3.05) is 6.54 Å². The molecule has 1 saturated heterocycles. The van der Waals surface area contributed by atoms with Crippen molar-refractivity contribution in [1.82, 2.24) is 10.6 Å². The van der Waals surface area contributed by atoms with Crippen LogP contribution in [0.2, 0.25) is 0 Å². The number of halogens is 1. The van der Waals surface area contributed by atoms with Crippen molar-refractivity contribution in [3.63, 3.8) is 0 Å². The summed E-state index contributed by atoms with van der Waals surface area (Å²) in [5, 5.41) is 6.23. The van der Waals surface area contributed by atoms with E-state index in [1.807, 2.05) is 12.1 Å². The molecule has 0 radical (unpaired) electrons. The van der Waals surface area contributed by atoms with Crippen molar-refractivity contribution in [2.24, 2.45) is 0 Å². The normalized spacial score (nSPS) is 18.7. The third kappa shape index (κ3) is 4.79. The van der Waals surface area contributed by atoms with Gasteiger partial charge in [0.05, 0.1) is 12.8 Å². The van der Waals surface area contributed by atoms with Crippen LogP contribution in [0.15, 0.2) is 22.8 Å². The summed E-state index contributed by atoms with van der Waals surface area (Å²) in [5.41, 5.74) is 0. The fourth-order valence-corrected chi connectivity index (χ4v) is 2.00. The summed E-state index contributed by atoms with van der Waals surface area (Å²) in [6.07, 6.45) is 5.58.